The van der Waals surface area contributed by atoms with E-state index in [0.29, 0.717) is 10.1 Å². The van der Waals surface area contributed by atoms with Crippen molar-refractivity contribution < 1.29 is 24.4 Å². The van der Waals surface area contributed by atoms with Crippen molar-refractivity contribution in [1.82, 2.24) is 9.13 Å². The van der Waals surface area contributed by atoms with Gasteiger partial charge in [-0.2, -0.15) is 0 Å². The number of ether oxygens (including phenoxy) is 1. The zero-order chi connectivity index (χ0) is 24.3. The maximum Gasteiger partial charge on any atom is 0.342 e. The predicted octanol–water partition coefficient (Wildman–Crippen LogP) is 0.826. The van der Waals surface area contributed by atoms with E-state index in [4.69, 9.17) is 10.5 Å². The number of carbonyl (C=O) groups is 2. The number of hydrogen-bond acceptors (Lipinski definition) is 7. The number of rotatable bonds is 8. The lowest BCUT2D eigenvalue weighted by Crippen LogP contribution is -2.42. The molecule has 0 saturated heterocycles. The molecule has 0 aliphatic heterocycles. The van der Waals surface area contributed by atoms with E-state index in [1.54, 1.807) is 0 Å². The van der Waals surface area contributed by atoms with Crippen LogP contribution in [0.15, 0.2) is 58.3 Å². The molecule has 1 heterocycles. The standard InChI is InChI=1S/C21H18N4O8/c1-12-13(3-2-4-17(12)25(31)32)9-24-19(27)16(20(28)29)10-23(21(24)30)14-5-7-15(8-6-14)33-11-18(22)26/h2-8,10H,9,11H2,1H3,(H2,22,26)(H,28,29). The van der Waals surface area contributed by atoms with Crippen LogP contribution >= 0.6 is 0 Å². The number of nitro groups is 1. The van der Waals surface area contributed by atoms with Crippen LogP contribution in [-0.2, 0) is 11.3 Å². The molecule has 0 atom stereocenters. The van der Waals surface area contributed by atoms with E-state index in [2.05, 4.69) is 0 Å². The van der Waals surface area contributed by atoms with Gasteiger partial charge in [-0.15, -0.1) is 0 Å². The van der Waals surface area contributed by atoms with Gasteiger partial charge < -0.3 is 15.6 Å². The highest BCUT2D eigenvalue weighted by Gasteiger charge is 2.20. The summed E-state index contributed by atoms with van der Waals surface area (Å²) in [5, 5.41) is 20.7. The second kappa shape index (κ2) is 9.18. The van der Waals surface area contributed by atoms with Crippen molar-refractivity contribution in [3.63, 3.8) is 0 Å². The van der Waals surface area contributed by atoms with Gasteiger partial charge in [0.15, 0.2) is 6.61 Å². The number of carbonyl (C=O) groups excluding carboxylic acids is 1. The molecule has 3 rings (SSSR count). The number of nitrogens with two attached hydrogens (primary N) is 1. The minimum atomic E-state index is -1.54. The van der Waals surface area contributed by atoms with Crippen LogP contribution in [-0.4, -0.2) is 37.6 Å². The van der Waals surface area contributed by atoms with Gasteiger partial charge in [0.25, 0.3) is 17.2 Å². The van der Waals surface area contributed by atoms with Gasteiger partial charge in [0.2, 0.25) is 0 Å². The Bertz CT molecular complexity index is 1370. The second-order valence-electron chi connectivity index (χ2n) is 6.96. The fourth-order valence-corrected chi connectivity index (χ4v) is 3.14. The summed E-state index contributed by atoms with van der Waals surface area (Å²) in [6.45, 7) is 0.755. The molecule has 0 bridgehead atoms. The molecule has 0 radical (unpaired) electrons. The van der Waals surface area contributed by atoms with E-state index in [1.807, 2.05) is 0 Å². The van der Waals surface area contributed by atoms with Crippen LogP contribution in [0.5, 0.6) is 5.75 Å². The number of amides is 1. The average Bonchev–Trinajstić information content (AvgIpc) is 2.76. The van der Waals surface area contributed by atoms with E-state index >= 15 is 0 Å². The zero-order valence-corrected chi connectivity index (χ0v) is 17.3. The number of carboxylic acids is 1. The molecule has 0 aliphatic rings. The van der Waals surface area contributed by atoms with Crippen molar-refractivity contribution in [2.45, 2.75) is 13.5 Å². The first-order valence-electron chi connectivity index (χ1n) is 9.44. The fraction of sp³-hybridized carbons (Fsp3) is 0.143. The molecule has 2 aromatic carbocycles. The lowest BCUT2D eigenvalue weighted by Gasteiger charge is -2.13. The lowest BCUT2D eigenvalue weighted by atomic mass is 10.1. The molecule has 1 aromatic heterocycles. The lowest BCUT2D eigenvalue weighted by molar-refractivity contribution is -0.385. The molecule has 0 aliphatic carbocycles. The Morgan fingerprint density at radius 1 is 1.15 bits per heavy atom. The van der Waals surface area contributed by atoms with Gasteiger partial charge in [-0.05, 0) is 36.8 Å². The molecule has 0 spiro atoms. The normalized spacial score (nSPS) is 10.6. The Kier molecular flexibility index (Phi) is 6.38. The van der Waals surface area contributed by atoms with Gasteiger partial charge in [0, 0.05) is 17.8 Å². The highest BCUT2D eigenvalue weighted by Crippen LogP contribution is 2.21. The SMILES string of the molecule is Cc1c(Cn2c(=O)c(C(=O)O)cn(-c3ccc(OCC(N)=O)cc3)c2=O)cccc1[N+](=O)[O-]. The summed E-state index contributed by atoms with van der Waals surface area (Å²) in [6.07, 6.45) is 0.906. The first-order chi connectivity index (χ1) is 15.6. The maximum atomic E-state index is 13.1. The Labute approximate surface area is 185 Å². The van der Waals surface area contributed by atoms with Crippen molar-refractivity contribution >= 4 is 17.6 Å². The zero-order valence-electron chi connectivity index (χ0n) is 17.3. The van der Waals surface area contributed by atoms with Crippen LogP contribution in [0.4, 0.5) is 5.69 Å². The van der Waals surface area contributed by atoms with E-state index in [9.17, 15) is 34.4 Å². The monoisotopic (exact) mass is 454 g/mol. The molecular formula is C21H18N4O8. The van der Waals surface area contributed by atoms with Crippen LogP contribution in [0.2, 0.25) is 0 Å². The number of aromatic nitrogens is 2. The van der Waals surface area contributed by atoms with Crippen molar-refractivity contribution in [3.05, 3.63) is 96.3 Å². The van der Waals surface area contributed by atoms with E-state index in [1.165, 1.54) is 49.4 Å². The summed E-state index contributed by atoms with van der Waals surface area (Å²) >= 11 is 0. The van der Waals surface area contributed by atoms with Gasteiger partial charge in [-0.25, -0.2) is 9.59 Å². The Hall–Kier alpha value is -4.74. The average molecular weight is 454 g/mol. The van der Waals surface area contributed by atoms with Gasteiger partial charge in [-0.3, -0.25) is 28.8 Å². The van der Waals surface area contributed by atoms with Crippen molar-refractivity contribution in [2.24, 2.45) is 5.73 Å². The van der Waals surface area contributed by atoms with Crippen LogP contribution in [0, 0.1) is 17.0 Å². The summed E-state index contributed by atoms with van der Waals surface area (Å²) < 4.78 is 6.82. The second-order valence-corrected chi connectivity index (χ2v) is 6.96. The van der Waals surface area contributed by atoms with Gasteiger partial charge in [0.05, 0.1) is 17.2 Å². The third-order valence-electron chi connectivity index (χ3n) is 4.84. The predicted molar refractivity (Wildman–Crippen MR) is 115 cm³/mol. The minimum absolute atomic E-state index is 0.193. The van der Waals surface area contributed by atoms with E-state index < -0.39 is 33.6 Å². The number of primary amides is 1. The van der Waals surface area contributed by atoms with Crippen molar-refractivity contribution in [3.8, 4) is 11.4 Å². The number of benzene rings is 2. The molecule has 0 unspecified atom stereocenters. The van der Waals surface area contributed by atoms with Crippen molar-refractivity contribution in [2.75, 3.05) is 6.61 Å². The molecule has 170 valence electrons. The summed E-state index contributed by atoms with van der Waals surface area (Å²) in [5.74, 6) is -1.94. The molecule has 12 heteroatoms. The summed E-state index contributed by atoms with van der Waals surface area (Å²) in [5.41, 5.74) is 3.06. The van der Waals surface area contributed by atoms with Gasteiger partial charge in [0.1, 0.15) is 11.3 Å². The van der Waals surface area contributed by atoms with Crippen molar-refractivity contribution in [1.29, 1.82) is 0 Å². The Balaban J connectivity index is 2.12. The fourth-order valence-electron chi connectivity index (χ4n) is 3.14. The highest BCUT2D eigenvalue weighted by molar-refractivity contribution is 5.86. The first-order valence-corrected chi connectivity index (χ1v) is 9.44. The molecule has 0 fully saturated rings. The first kappa shape index (κ1) is 22.9. The number of hydrogen-bond donors (Lipinski definition) is 2. The summed E-state index contributed by atoms with van der Waals surface area (Å²) in [6, 6.07) is 9.94. The summed E-state index contributed by atoms with van der Waals surface area (Å²) in [7, 11) is 0. The Morgan fingerprint density at radius 2 is 1.82 bits per heavy atom. The smallest absolute Gasteiger partial charge is 0.342 e. The molecule has 0 saturated carbocycles. The number of carboxylic acid groups (broad SMARTS) is 1. The molecule has 1 amide bonds. The largest absolute Gasteiger partial charge is 0.484 e. The Morgan fingerprint density at radius 3 is 2.39 bits per heavy atom. The summed E-state index contributed by atoms with van der Waals surface area (Å²) in [4.78, 5) is 58.9. The number of nitro benzene ring substituents is 1. The molecule has 33 heavy (non-hydrogen) atoms. The van der Waals surface area contributed by atoms with E-state index in [-0.39, 0.29) is 35.8 Å². The molecular weight excluding hydrogens is 436 g/mol. The van der Waals surface area contributed by atoms with Gasteiger partial charge in [-0.1, -0.05) is 12.1 Å². The van der Waals surface area contributed by atoms with Crippen LogP contribution in [0.3, 0.4) is 0 Å². The van der Waals surface area contributed by atoms with Gasteiger partial charge >= 0.3 is 11.7 Å². The number of nitrogens with zero attached hydrogens (tertiary/aromatic N) is 3. The quantitative estimate of drug-likeness (QED) is 0.371. The van der Waals surface area contributed by atoms with Crippen LogP contribution in [0.25, 0.3) is 5.69 Å². The van der Waals surface area contributed by atoms with Crippen LogP contribution < -0.4 is 21.7 Å². The number of aromatic carboxylic acids is 1. The highest BCUT2D eigenvalue weighted by atomic mass is 16.6. The molecule has 3 N–H and O–H groups in total. The van der Waals surface area contributed by atoms with E-state index in [0.717, 1.165) is 10.8 Å². The third kappa shape index (κ3) is 4.79. The third-order valence-corrected chi connectivity index (χ3v) is 4.84. The minimum Gasteiger partial charge on any atom is -0.484 e. The maximum absolute atomic E-state index is 13.1. The van der Waals surface area contributed by atoms with Crippen LogP contribution in [0.1, 0.15) is 21.5 Å². The topological polar surface area (TPSA) is 177 Å². The molecule has 3 aromatic rings. The molecule has 12 nitrogen and oxygen atoms in total.